The Hall–Kier alpha value is -0.940. The Morgan fingerprint density at radius 1 is 1.11 bits per heavy atom. The number of nitrogens with zero attached hydrogens (tertiary/aromatic N) is 1. The molecule has 1 aliphatic heterocycles. The van der Waals surface area contributed by atoms with Gasteiger partial charge in [-0.2, -0.15) is 0 Å². The quantitative estimate of drug-likeness (QED) is 0.600. The zero-order valence-electron chi connectivity index (χ0n) is 11.5. The van der Waals surface area contributed by atoms with Crippen LogP contribution in [0.5, 0.6) is 0 Å². The number of carbonyl (C=O) groups is 2. The fourth-order valence-electron chi connectivity index (χ4n) is 2.78. The molecule has 19 heavy (non-hydrogen) atoms. The topological polar surface area (TPSA) is 72.6 Å². The molecule has 1 aliphatic carbocycles. The molecule has 1 saturated carbocycles. The number of carbonyl (C=O) groups excluding carboxylic acids is 2. The summed E-state index contributed by atoms with van der Waals surface area (Å²) in [7, 11) is 0. The van der Waals surface area contributed by atoms with Crippen LogP contribution >= 0.6 is 0 Å². The van der Waals surface area contributed by atoms with Gasteiger partial charge in [-0.1, -0.05) is 0 Å². The van der Waals surface area contributed by atoms with Crippen LogP contribution in [0.2, 0.25) is 0 Å². The van der Waals surface area contributed by atoms with Crippen molar-refractivity contribution < 1.29 is 14.3 Å². The van der Waals surface area contributed by atoms with Crippen molar-refractivity contribution in [1.82, 2.24) is 4.90 Å². The van der Waals surface area contributed by atoms with Crippen molar-refractivity contribution in [3.63, 3.8) is 0 Å². The molecule has 0 unspecified atom stereocenters. The third-order valence-corrected chi connectivity index (χ3v) is 3.98. The summed E-state index contributed by atoms with van der Waals surface area (Å²) in [4.78, 5) is 24.6. The molecule has 0 bridgehead atoms. The molecule has 0 aromatic carbocycles. The number of likely N-dealkylation sites (tertiary alicyclic amines) is 1. The average Bonchev–Trinajstić information content (AvgIpc) is 2.39. The van der Waals surface area contributed by atoms with Crippen LogP contribution in [-0.2, 0) is 14.3 Å². The Balaban J connectivity index is 1.61. The minimum atomic E-state index is -0.0279. The predicted molar refractivity (Wildman–Crippen MR) is 71.4 cm³/mol. The molecule has 1 heterocycles. The van der Waals surface area contributed by atoms with E-state index in [9.17, 15) is 9.59 Å². The number of amides is 2. The standard InChI is InChI=1S/C14H24N2O3/c15-11-5-7-12(8-6-11)19-10-2-9-16-13(17)3-1-4-14(16)18/h11-12H,1-10,15H2. The molecule has 0 aromatic heterocycles. The molecule has 5 heteroatoms. The van der Waals surface area contributed by atoms with Gasteiger partial charge in [-0.05, 0) is 38.5 Å². The van der Waals surface area contributed by atoms with Crippen molar-refractivity contribution in [2.24, 2.45) is 5.73 Å². The van der Waals surface area contributed by atoms with E-state index in [2.05, 4.69) is 0 Å². The highest BCUT2D eigenvalue weighted by molar-refractivity contribution is 5.97. The van der Waals surface area contributed by atoms with Gasteiger partial charge in [-0.25, -0.2) is 0 Å². The molecule has 0 atom stereocenters. The lowest BCUT2D eigenvalue weighted by Crippen LogP contribution is -2.41. The maximum atomic E-state index is 11.6. The van der Waals surface area contributed by atoms with E-state index < -0.39 is 0 Å². The van der Waals surface area contributed by atoms with Crippen molar-refractivity contribution in [3.8, 4) is 0 Å². The summed E-state index contributed by atoms with van der Waals surface area (Å²) in [5, 5.41) is 0. The molecule has 5 nitrogen and oxygen atoms in total. The second kappa shape index (κ2) is 7.01. The number of hydrogen-bond acceptors (Lipinski definition) is 4. The van der Waals surface area contributed by atoms with E-state index in [1.54, 1.807) is 0 Å². The second-order valence-corrected chi connectivity index (χ2v) is 5.55. The van der Waals surface area contributed by atoms with Crippen LogP contribution < -0.4 is 5.73 Å². The molecule has 0 radical (unpaired) electrons. The first-order valence-corrected chi connectivity index (χ1v) is 7.37. The SMILES string of the molecule is NC1CCC(OCCCN2C(=O)CCCC2=O)CC1. The summed E-state index contributed by atoms with van der Waals surface area (Å²) >= 11 is 0. The van der Waals surface area contributed by atoms with Gasteiger partial charge in [-0.15, -0.1) is 0 Å². The van der Waals surface area contributed by atoms with E-state index in [1.165, 1.54) is 4.90 Å². The maximum Gasteiger partial charge on any atom is 0.229 e. The van der Waals surface area contributed by atoms with Gasteiger partial charge in [0.1, 0.15) is 0 Å². The van der Waals surface area contributed by atoms with Crippen LogP contribution in [-0.4, -0.2) is 42.0 Å². The number of piperidine rings is 1. The summed E-state index contributed by atoms with van der Waals surface area (Å²) in [6.45, 7) is 1.13. The largest absolute Gasteiger partial charge is 0.378 e. The maximum absolute atomic E-state index is 11.6. The van der Waals surface area contributed by atoms with Crippen LogP contribution in [0.25, 0.3) is 0 Å². The van der Waals surface area contributed by atoms with Crippen LogP contribution in [0, 0.1) is 0 Å². The Labute approximate surface area is 114 Å². The van der Waals surface area contributed by atoms with Gasteiger partial charge >= 0.3 is 0 Å². The lowest BCUT2D eigenvalue weighted by Gasteiger charge is -2.27. The highest BCUT2D eigenvalue weighted by atomic mass is 16.5. The van der Waals surface area contributed by atoms with E-state index in [-0.39, 0.29) is 11.8 Å². The summed E-state index contributed by atoms with van der Waals surface area (Å²) in [5.41, 5.74) is 5.84. The smallest absolute Gasteiger partial charge is 0.229 e. The van der Waals surface area contributed by atoms with Crippen molar-refractivity contribution in [2.45, 2.75) is 63.5 Å². The molecule has 2 N–H and O–H groups in total. The molecular weight excluding hydrogens is 244 g/mol. The van der Waals surface area contributed by atoms with Gasteiger partial charge in [0.15, 0.2) is 0 Å². The normalized spacial score (nSPS) is 28.8. The Bertz CT molecular complexity index is 309. The molecular formula is C14H24N2O3. The third kappa shape index (κ3) is 4.28. The fourth-order valence-corrected chi connectivity index (χ4v) is 2.78. The Kier molecular flexibility index (Phi) is 5.34. The summed E-state index contributed by atoms with van der Waals surface area (Å²) in [6.07, 6.45) is 6.90. The molecule has 108 valence electrons. The second-order valence-electron chi connectivity index (χ2n) is 5.55. The summed E-state index contributed by atoms with van der Waals surface area (Å²) in [6, 6.07) is 0.337. The van der Waals surface area contributed by atoms with E-state index in [0.717, 1.165) is 32.1 Å². The van der Waals surface area contributed by atoms with E-state index in [1.807, 2.05) is 0 Å². The third-order valence-electron chi connectivity index (χ3n) is 3.98. The van der Waals surface area contributed by atoms with E-state index in [4.69, 9.17) is 10.5 Å². The molecule has 2 fully saturated rings. The van der Waals surface area contributed by atoms with Crippen LogP contribution in [0.1, 0.15) is 51.4 Å². The van der Waals surface area contributed by atoms with Gasteiger partial charge in [0.05, 0.1) is 6.10 Å². The number of rotatable bonds is 5. The summed E-state index contributed by atoms with van der Waals surface area (Å²) in [5.74, 6) is -0.0558. The van der Waals surface area contributed by atoms with Gasteiger partial charge in [0.25, 0.3) is 0 Å². The van der Waals surface area contributed by atoms with Gasteiger partial charge in [-0.3, -0.25) is 14.5 Å². The molecule has 2 rings (SSSR count). The number of nitrogens with two attached hydrogens (primary N) is 1. The van der Waals surface area contributed by atoms with Crippen molar-refractivity contribution in [2.75, 3.05) is 13.2 Å². The van der Waals surface area contributed by atoms with Crippen LogP contribution in [0.15, 0.2) is 0 Å². The zero-order chi connectivity index (χ0) is 13.7. The minimum Gasteiger partial charge on any atom is -0.378 e. The van der Waals surface area contributed by atoms with Gasteiger partial charge in [0, 0.05) is 32.0 Å². The Morgan fingerprint density at radius 3 is 2.37 bits per heavy atom. The van der Waals surface area contributed by atoms with E-state index in [0.29, 0.717) is 44.6 Å². The molecule has 0 aromatic rings. The molecule has 2 amide bonds. The minimum absolute atomic E-state index is 0.0279. The lowest BCUT2D eigenvalue weighted by atomic mass is 9.94. The van der Waals surface area contributed by atoms with Crippen LogP contribution in [0.3, 0.4) is 0 Å². The van der Waals surface area contributed by atoms with Crippen LogP contribution in [0.4, 0.5) is 0 Å². The van der Waals surface area contributed by atoms with Gasteiger partial charge < -0.3 is 10.5 Å². The predicted octanol–water partition coefficient (Wildman–Crippen LogP) is 1.20. The molecule has 2 aliphatic rings. The van der Waals surface area contributed by atoms with Gasteiger partial charge in [0.2, 0.25) is 11.8 Å². The highest BCUT2D eigenvalue weighted by Gasteiger charge is 2.25. The number of ether oxygens (including phenoxy) is 1. The van der Waals surface area contributed by atoms with Crippen molar-refractivity contribution in [3.05, 3.63) is 0 Å². The number of hydrogen-bond donors (Lipinski definition) is 1. The first-order chi connectivity index (χ1) is 9.16. The lowest BCUT2D eigenvalue weighted by molar-refractivity contribution is -0.148. The number of imide groups is 1. The van der Waals surface area contributed by atoms with Crippen molar-refractivity contribution >= 4 is 11.8 Å². The summed E-state index contributed by atoms with van der Waals surface area (Å²) < 4.78 is 5.79. The monoisotopic (exact) mass is 268 g/mol. The average molecular weight is 268 g/mol. The van der Waals surface area contributed by atoms with Crippen molar-refractivity contribution in [1.29, 1.82) is 0 Å². The highest BCUT2D eigenvalue weighted by Crippen LogP contribution is 2.20. The molecule has 0 spiro atoms. The molecule has 1 saturated heterocycles. The zero-order valence-corrected chi connectivity index (χ0v) is 11.5. The van der Waals surface area contributed by atoms with E-state index >= 15 is 0 Å². The Morgan fingerprint density at radius 2 is 1.74 bits per heavy atom. The fraction of sp³-hybridized carbons (Fsp3) is 0.857. The first-order valence-electron chi connectivity index (χ1n) is 7.37. The first kappa shape index (κ1) is 14.5.